The summed E-state index contributed by atoms with van der Waals surface area (Å²) in [5.74, 6) is -0.250. The number of aryl methyl sites for hydroxylation is 1. The fourth-order valence-corrected chi connectivity index (χ4v) is 1.60. The lowest BCUT2D eigenvalue weighted by atomic mass is 10.2. The van der Waals surface area contributed by atoms with Crippen molar-refractivity contribution in [3.05, 3.63) is 41.5 Å². The Kier molecular flexibility index (Phi) is 3.88. The lowest BCUT2D eigenvalue weighted by Crippen LogP contribution is -2.03. The Bertz CT molecular complexity index is 527. The van der Waals surface area contributed by atoms with E-state index in [-0.39, 0.29) is 12.4 Å². The molecule has 0 unspecified atom stereocenters. The summed E-state index contributed by atoms with van der Waals surface area (Å²) in [6, 6.07) is 5.20. The van der Waals surface area contributed by atoms with Crippen LogP contribution in [0.25, 0.3) is 0 Å². The van der Waals surface area contributed by atoms with E-state index in [2.05, 4.69) is 15.6 Å². The average Bonchev–Trinajstić information content (AvgIpc) is 2.79. The van der Waals surface area contributed by atoms with E-state index in [9.17, 15) is 4.39 Å². The Morgan fingerprint density at radius 1 is 1.44 bits per heavy atom. The summed E-state index contributed by atoms with van der Waals surface area (Å²) in [7, 11) is 0. The molecule has 96 valence electrons. The molecule has 5 nitrogen and oxygen atoms in total. The third kappa shape index (κ3) is 2.84. The summed E-state index contributed by atoms with van der Waals surface area (Å²) in [5.41, 5.74) is 1.75. The number of nitrogens with zero attached hydrogens (tertiary/aromatic N) is 3. The van der Waals surface area contributed by atoms with Gasteiger partial charge in [0.2, 0.25) is 0 Å². The maximum atomic E-state index is 13.7. The zero-order valence-electron chi connectivity index (χ0n) is 10.1. The molecule has 2 rings (SSSR count). The number of nitrogens with one attached hydrogen (secondary N) is 1. The Morgan fingerprint density at radius 2 is 2.28 bits per heavy atom. The number of anilines is 1. The summed E-state index contributed by atoms with van der Waals surface area (Å²) in [4.78, 5) is 0. The van der Waals surface area contributed by atoms with Crippen LogP contribution in [0.15, 0.2) is 24.4 Å². The molecule has 0 amide bonds. The van der Waals surface area contributed by atoms with Crippen molar-refractivity contribution in [1.82, 2.24) is 15.0 Å². The van der Waals surface area contributed by atoms with Gasteiger partial charge in [0.15, 0.2) is 0 Å². The van der Waals surface area contributed by atoms with E-state index in [4.69, 9.17) is 5.11 Å². The normalized spacial score (nSPS) is 10.6. The van der Waals surface area contributed by atoms with Gasteiger partial charge in [-0.1, -0.05) is 17.3 Å². The van der Waals surface area contributed by atoms with E-state index < -0.39 is 0 Å². The molecule has 1 heterocycles. The van der Waals surface area contributed by atoms with Crippen LogP contribution in [0.1, 0.15) is 11.3 Å². The van der Waals surface area contributed by atoms with Crippen molar-refractivity contribution in [2.45, 2.75) is 20.0 Å². The van der Waals surface area contributed by atoms with Crippen molar-refractivity contribution < 1.29 is 9.50 Å². The van der Waals surface area contributed by atoms with Gasteiger partial charge in [0.05, 0.1) is 31.6 Å². The van der Waals surface area contributed by atoms with Crippen molar-refractivity contribution in [2.75, 3.05) is 11.9 Å². The van der Waals surface area contributed by atoms with Gasteiger partial charge in [-0.3, -0.25) is 0 Å². The van der Waals surface area contributed by atoms with Gasteiger partial charge in [-0.2, -0.15) is 0 Å². The second-order valence-electron chi connectivity index (χ2n) is 3.99. The Morgan fingerprint density at radius 3 is 3.06 bits per heavy atom. The fourth-order valence-electron chi connectivity index (χ4n) is 1.60. The first-order valence-electron chi connectivity index (χ1n) is 5.69. The summed E-state index contributed by atoms with van der Waals surface area (Å²) < 4.78 is 15.2. The van der Waals surface area contributed by atoms with Crippen molar-refractivity contribution in [1.29, 1.82) is 0 Å². The summed E-state index contributed by atoms with van der Waals surface area (Å²) in [6.45, 7) is 2.54. The molecule has 0 aliphatic carbocycles. The van der Waals surface area contributed by atoms with Gasteiger partial charge in [-0.05, 0) is 18.6 Å². The van der Waals surface area contributed by atoms with Crippen LogP contribution in [0.2, 0.25) is 0 Å². The molecule has 0 fully saturated rings. The van der Waals surface area contributed by atoms with Gasteiger partial charge in [0, 0.05) is 0 Å². The Labute approximate surface area is 104 Å². The summed E-state index contributed by atoms with van der Waals surface area (Å²) in [5, 5.41) is 19.5. The summed E-state index contributed by atoms with van der Waals surface area (Å²) in [6.07, 6.45) is 1.72. The molecule has 0 saturated carbocycles. The van der Waals surface area contributed by atoms with Crippen LogP contribution in [0.3, 0.4) is 0 Å². The molecule has 0 aliphatic rings. The van der Waals surface area contributed by atoms with E-state index in [1.807, 2.05) is 0 Å². The SMILES string of the molecule is Cc1cccc(NCc2cn(CCO)nn2)c1F. The molecule has 0 bridgehead atoms. The molecule has 18 heavy (non-hydrogen) atoms. The van der Waals surface area contributed by atoms with Crippen molar-refractivity contribution in [3.63, 3.8) is 0 Å². The number of rotatable bonds is 5. The molecule has 0 radical (unpaired) electrons. The van der Waals surface area contributed by atoms with Crippen LogP contribution in [0.4, 0.5) is 10.1 Å². The van der Waals surface area contributed by atoms with E-state index in [0.717, 1.165) is 0 Å². The first kappa shape index (κ1) is 12.5. The third-order valence-corrected chi connectivity index (χ3v) is 2.57. The zero-order chi connectivity index (χ0) is 13.0. The highest BCUT2D eigenvalue weighted by Crippen LogP contribution is 2.17. The van der Waals surface area contributed by atoms with Crippen molar-refractivity contribution >= 4 is 5.69 Å². The van der Waals surface area contributed by atoms with Gasteiger partial charge in [-0.25, -0.2) is 9.07 Å². The highest BCUT2D eigenvalue weighted by atomic mass is 19.1. The second kappa shape index (κ2) is 5.59. The van der Waals surface area contributed by atoms with Gasteiger partial charge >= 0.3 is 0 Å². The number of aliphatic hydroxyl groups excluding tert-OH is 1. The van der Waals surface area contributed by atoms with Crippen molar-refractivity contribution in [2.24, 2.45) is 0 Å². The number of aromatic nitrogens is 3. The first-order valence-corrected chi connectivity index (χ1v) is 5.69. The van der Waals surface area contributed by atoms with Crippen molar-refractivity contribution in [3.8, 4) is 0 Å². The van der Waals surface area contributed by atoms with Crippen LogP contribution >= 0.6 is 0 Å². The van der Waals surface area contributed by atoms with Crippen LogP contribution in [0.5, 0.6) is 0 Å². The Balaban J connectivity index is 2.00. The van der Waals surface area contributed by atoms with E-state index in [1.54, 1.807) is 36.0 Å². The second-order valence-corrected chi connectivity index (χ2v) is 3.99. The lowest BCUT2D eigenvalue weighted by Gasteiger charge is -2.06. The predicted octanol–water partition coefficient (Wildman–Crippen LogP) is 1.33. The van der Waals surface area contributed by atoms with Crippen LogP contribution in [-0.4, -0.2) is 26.7 Å². The average molecular weight is 250 g/mol. The predicted molar refractivity (Wildman–Crippen MR) is 65.6 cm³/mol. The molecule has 2 aromatic rings. The Hall–Kier alpha value is -1.95. The number of benzene rings is 1. The van der Waals surface area contributed by atoms with Crippen LogP contribution in [-0.2, 0) is 13.1 Å². The fraction of sp³-hybridized carbons (Fsp3) is 0.333. The highest BCUT2D eigenvalue weighted by Gasteiger charge is 2.05. The smallest absolute Gasteiger partial charge is 0.149 e. The lowest BCUT2D eigenvalue weighted by molar-refractivity contribution is 0.268. The number of halogens is 1. The minimum Gasteiger partial charge on any atom is -0.394 e. The topological polar surface area (TPSA) is 63.0 Å². The van der Waals surface area contributed by atoms with Gasteiger partial charge in [-0.15, -0.1) is 5.10 Å². The molecule has 1 aromatic carbocycles. The minimum atomic E-state index is -0.250. The molecular weight excluding hydrogens is 235 g/mol. The first-order chi connectivity index (χ1) is 8.70. The molecule has 0 spiro atoms. The van der Waals surface area contributed by atoms with Gasteiger partial charge in [0.25, 0.3) is 0 Å². The molecule has 0 saturated heterocycles. The maximum Gasteiger partial charge on any atom is 0.149 e. The molecule has 1 aromatic heterocycles. The number of hydrogen-bond donors (Lipinski definition) is 2. The summed E-state index contributed by atoms with van der Waals surface area (Å²) >= 11 is 0. The van der Waals surface area contributed by atoms with Gasteiger partial charge < -0.3 is 10.4 Å². The van der Waals surface area contributed by atoms with Crippen LogP contribution in [0, 0.1) is 12.7 Å². The molecule has 0 aliphatic heterocycles. The molecular formula is C12H15FN4O. The molecule has 0 atom stereocenters. The monoisotopic (exact) mass is 250 g/mol. The number of hydrogen-bond acceptors (Lipinski definition) is 4. The molecule has 2 N–H and O–H groups in total. The molecule has 6 heteroatoms. The van der Waals surface area contributed by atoms with E-state index in [1.165, 1.54) is 0 Å². The van der Waals surface area contributed by atoms with Gasteiger partial charge in [0.1, 0.15) is 11.5 Å². The quantitative estimate of drug-likeness (QED) is 0.840. The zero-order valence-corrected chi connectivity index (χ0v) is 10.1. The number of aliphatic hydroxyl groups is 1. The van der Waals surface area contributed by atoms with E-state index in [0.29, 0.717) is 30.0 Å². The third-order valence-electron chi connectivity index (χ3n) is 2.57. The maximum absolute atomic E-state index is 13.7. The van der Waals surface area contributed by atoms with Crippen LogP contribution < -0.4 is 5.32 Å². The van der Waals surface area contributed by atoms with E-state index >= 15 is 0 Å². The standard InChI is InChI=1S/C12H15FN4O/c1-9-3-2-4-11(12(9)13)14-7-10-8-17(5-6-18)16-15-10/h2-4,8,14,18H,5-7H2,1H3. The highest BCUT2D eigenvalue weighted by molar-refractivity contribution is 5.47. The largest absolute Gasteiger partial charge is 0.394 e. The minimum absolute atomic E-state index is 0.0166.